The van der Waals surface area contributed by atoms with E-state index in [0.29, 0.717) is 11.5 Å². The van der Waals surface area contributed by atoms with E-state index in [1.54, 1.807) is 24.4 Å². The van der Waals surface area contributed by atoms with E-state index in [1.807, 2.05) is 25.1 Å². The minimum atomic E-state index is 0.125. The third-order valence-corrected chi connectivity index (χ3v) is 2.04. The van der Waals surface area contributed by atoms with Gasteiger partial charge in [0.1, 0.15) is 11.4 Å². The van der Waals surface area contributed by atoms with E-state index in [-0.39, 0.29) is 5.75 Å². The van der Waals surface area contributed by atoms with E-state index in [2.05, 4.69) is 15.2 Å². The van der Waals surface area contributed by atoms with Gasteiger partial charge in [-0.2, -0.15) is 0 Å². The van der Waals surface area contributed by atoms with E-state index in [0.717, 1.165) is 5.56 Å². The number of nitrogens with zero attached hydrogens (tertiary/aromatic N) is 3. The summed E-state index contributed by atoms with van der Waals surface area (Å²) in [5.41, 5.74) is 1.42. The van der Waals surface area contributed by atoms with Crippen LogP contribution in [0.2, 0.25) is 0 Å². The lowest BCUT2D eigenvalue weighted by Crippen LogP contribution is -1.73. The lowest BCUT2D eigenvalue weighted by atomic mass is 10.2. The van der Waals surface area contributed by atoms with Crippen LogP contribution in [0.3, 0.4) is 0 Å². The van der Waals surface area contributed by atoms with Gasteiger partial charge in [-0.05, 0) is 36.8 Å². The normalized spacial score (nSPS) is 10.8. The minimum Gasteiger partial charge on any atom is -0.506 e. The number of aromatic hydroxyl groups is 1. The molecular weight excluding hydrogens is 202 g/mol. The lowest BCUT2D eigenvalue weighted by molar-refractivity contribution is 0.476. The molecule has 16 heavy (non-hydrogen) atoms. The van der Waals surface area contributed by atoms with Crippen LogP contribution < -0.4 is 0 Å². The van der Waals surface area contributed by atoms with Crippen LogP contribution in [0.15, 0.2) is 52.8 Å². The topological polar surface area (TPSA) is 57.8 Å². The highest BCUT2D eigenvalue weighted by Crippen LogP contribution is 2.28. The van der Waals surface area contributed by atoms with Crippen LogP contribution in [-0.2, 0) is 0 Å². The molecule has 80 valence electrons. The van der Waals surface area contributed by atoms with Gasteiger partial charge in [0.05, 0.1) is 0 Å². The van der Waals surface area contributed by atoms with Crippen molar-refractivity contribution in [3.8, 4) is 5.75 Å². The number of aryl methyl sites for hydroxylation is 1. The second-order valence-corrected chi connectivity index (χ2v) is 3.38. The second-order valence-electron chi connectivity index (χ2n) is 3.38. The van der Waals surface area contributed by atoms with Crippen molar-refractivity contribution in [3.63, 3.8) is 0 Å². The van der Waals surface area contributed by atoms with Gasteiger partial charge in [-0.3, -0.25) is 0 Å². The number of aromatic nitrogens is 1. The van der Waals surface area contributed by atoms with Crippen molar-refractivity contribution in [2.45, 2.75) is 6.92 Å². The number of phenolic OH excluding ortho intramolecular Hbond substituents is 1. The first kappa shape index (κ1) is 10.3. The fraction of sp³-hybridized carbons (Fsp3) is 0.0833. The first-order chi connectivity index (χ1) is 7.75. The van der Waals surface area contributed by atoms with Gasteiger partial charge in [0.15, 0.2) is 5.82 Å². The zero-order chi connectivity index (χ0) is 11.4. The first-order valence-electron chi connectivity index (χ1n) is 4.88. The van der Waals surface area contributed by atoms with Crippen LogP contribution in [0.1, 0.15) is 5.56 Å². The maximum absolute atomic E-state index is 9.60. The zero-order valence-corrected chi connectivity index (χ0v) is 8.83. The minimum absolute atomic E-state index is 0.125. The second kappa shape index (κ2) is 4.53. The molecule has 2 rings (SSSR count). The van der Waals surface area contributed by atoms with Gasteiger partial charge >= 0.3 is 0 Å². The number of azo groups is 1. The van der Waals surface area contributed by atoms with Crippen LogP contribution in [0.4, 0.5) is 11.5 Å². The molecule has 0 atom stereocenters. The number of rotatable bonds is 2. The van der Waals surface area contributed by atoms with Crippen molar-refractivity contribution in [2.75, 3.05) is 0 Å². The molecule has 0 amide bonds. The molecule has 0 aliphatic heterocycles. The summed E-state index contributed by atoms with van der Waals surface area (Å²) in [5, 5.41) is 17.4. The summed E-state index contributed by atoms with van der Waals surface area (Å²) in [6.45, 7) is 1.90. The Kier molecular flexibility index (Phi) is 2.91. The summed E-state index contributed by atoms with van der Waals surface area (Å²) in [6.07, 6.45) is 1.64. The molecule has 0 radical (unpaired) electrons. The maximum Gasteiger partial charge on any atom is 0.174 e. The summed E-state index contributed by atoms with van der Waals surface area (Å²) in [5.74, 6) is 0.641. The number of hydrogen-bond donors (Lipinski definition) is 1. The standard InChI is InChI=1S/C12H11N3O/c1-9-5-6-10(11(16)8-9)14-15-12-4-2-3-7-13-12/h2-8,16H,1H3/b15-14+. The predicted octanol–water partition coefficient (Wildman–Crippen LogP) is 3.51. The van der Waals surface area contributed by atoms with Crippen molar-refractivity contribution in [1.29, 1.82) is 0 Å². The third-order valence-electron chi connectivity index (χ3n) is 2.04. The molecule has 1 N–H and O–H groups in total. The van der Waals surface area contributed by atoms with Gasteiger partial charge in [-0.25, -0.2) is 4.98 Å². The summed E-state index contributed by atoms with van der Waals surface area (Å²) in [4.78, 5) is 4.00. The molecule has 0 aliphatic carbocycles. The summed E-state index contributed by atoms with van der Waals surface area (Å²) < 4.78 is 0. The van der Waals surface area contributed by atoms with Gasteiger partial charge in [0.2, 0.25) is 0 Å². The zero-order valence-electron chi connectivity index (χ0n) is 8.83. The van der Waals surface area contributed by atoms with Gasteiger partial charge in [-0.1, -0.05) is 12.1 Å². The quantitative estimate of drug-likeness (QED) is 0.776. The van der Waals surface area contributed by atoms with Crippen molar-refractivity contribution >= 4 is 11.5 Å². The smallest absolute Gasteiger partial charge is 0.174 e. The van der Waals surface area contributed by atoms with Crippen molar-refractivity contribution < 1.29 is 5.11 Å². The van der Waals surface area contributed by atoms with E-state index in [1.165, 1.54) is 0 Å². The van der Waals surface area contributed by atoms with Crippen molar-refractivity contribution in [3.05, 3.63) is 48.2 Å². The monoisotopic (exact) mass is 213 g/mol. The Balaban J connectivity index is 2.24. The Labute approximate surface area is 93.3 Å². The molecule has 4 heteroatoms. The predicted molar refractivity (Wildman–Crippen MR) is 61.3 cm³/mol. The SMILES string of the molecule is Cc1ccc(/N=N/c2ccccn2)c(O)c1. The Morgan fingerprint density at radius 2 is 2.00 bits per heavy atom. The molecule has 1 heterocycles. The molecule has 0 unspecified atom stereocenters. The summed E-state index contributed by atoms with van der Waals surface area (Å²) in [6, 6.07) is 10.6. The molecule has 1 aromatic heterocycles. The number of benzene rings is 1. The summed E-state index contributed by atoms with van der Waals surface area (Å²) >= 11 is 0. The molecule has 2 aromatic rings. The lowest BCUT2D eigenvalue weighted by Gasteiger charge is -1.98. The van der Waals surface area contributed by atoms with Gasteiger partial charge in [0, 0.05) is 6.20 Å². The molecule has 0 fully saturated rings. The van der Waals surface area contributed by atoms with Crippen LogP contribution >= 0.6 is 0 Å². The fourth-order valence-electron chi connectivity index (χ4n) is 1.24. The van der Waals surface area contributed by atoms with Crippen molar-refractivity contribution in [1.82, 2.24) is 4.98 Å². The first-order valence-corrected chi connectivity index (χ1v) is 4.88. The molecule has 0 bridgehead atoms. The molecule has 0 spiro atoms. The van der Waals surface area contributed by atoms with Crippen LogP contribution in [0.25, 0.3) is 0 Å². The van der Waals surface area contributed by atoms with Gasteiger partial charge in [-0.15, -0.1) is 10.2 Å². The average Bonchev–Trinajstić information content (AvgIpc) is 2.29. The number of pyridine rings is 1. The Hall–Kier alpha value is -2.23. The van der Waals surface area contributed by atoms with Crippen molar-refractivity contribution in [2.24, 2.45) is 10.2 Å². The van der Waals surface area contributed by atoms with E-state index >= 15 is 0 Å². The maximum atomic E-state index is 9.60. The molecule has 1 aromatic carbocycles. The molecule has 0 saturated carbocycles. The molecule has 0 aliphatic rings. The van der Waals surface area contributed by atoms with Crippen LogP contribution in [0.5, 0.6) is 5.75 Å². The largest absolute Gasteiger partial charge is 0.506 e. The van der Waals surface area contributed by atoms with E-state index in [4.69, 9.17) is 0 Å². The highest BCUT2D eigenvalue weighted by Gasteiger charge is 1.99. The number of hydrogen-bond acceptors (Lipinski definition) is 4. The number of phenols is 1. The molecular formula is C12H11N3O. The van der Waals surface area contributed by atoms with Crippen LogP contribution in [0, 0.1) is 6.92 Å². The average molecular weight is 213 g/mol. The highest BCUT2D eigenvalue weighted by molar-refractivity contribution is 5.51. The fourth-order valence-corrected chi connectivity index (χ4v) is 1.24. The summed E-state index contributed by atoms with van der Waals surface area (Å²) in [7, 11) is 0. The molecule has 0 saturated heterocycles. The van der Waals surface area contributed by atoms with E-state index < -0.39 is 0 Å². The van der Waals surface area contributed by atoms with Gasteiger partial charge in [0.25, 0.3) is 0 Å². The Morgan fingerprint density at radius 1 is 1.12 bits per heavy atom. The van der Waals surface area contributed by atoms with E-state index in [9.17, 15) is 5.11 Å². The Morgan fingerprint density at radius 3 is 2.69 bits per heavy atom. The third kappa shape index (κ3) is 2.42. The highest BCUT2D eigenvalue weighted by atomic mass is 16.3. The van der Waals surface area contributed by atoms with Crippen LogP contribution in [-0.4, -0.2) is 10.1 Å². The van der Waals surface area contributed by atoms with Gasteiger partial charge < -0.3 is 5.11 Å². The molecule has 4 nitrogen and oxygen atoms in total. The Bertz CT molecular complexity index is 509.